The van der Waals surface area contributed by atoms with Gasteiger partial charge in [-0.25, -0.2) is 9.48 Å². The number of hydrogen-bond donors (Lipinski definition) is 1. The van der Waals surface area contributed by atoms with E-state index in [-0.39, 0.29) is 11.4 Å². The molecule has 1 atom stereocenters. The number of nitrogens with one attached hydrogen (secondary N) is 1. The number of fused-ring (bicyclic) bond motifs is 1. The molecule has 2 aromatic carbocycles. The zero-order valence-corrected chi connectivity index (χ0v) is 19.8. The Balaban J connectivity index is 1.53. The second-order valence-corrected chi connectivity index (χ2v) is 9.12. The first-order valence-corrected chi connectivity index (χ1v) is 11.1. The van der Waals surface area contributed by atoms with Crippen molar-refractivity contribution in [3.63, 3.8) is 0 Å². The molecule has 0 saturated heterocycles. The van der Waals surface area contributed by atoms with Crippen LogP contribution in [0.15, 0.2) is 66.1 Å². The molecule has 3 aromatic rings. The minimum atomic E-state index is -0.429. The Morgan fingerprint density at radius 2 is 1.79 bits per heavy atom. The van der Waals surface area contributed by atoms with Crippen LogP contribution >= 0.6 is 0 Å². The molecule has 7 nitrogen and oxygen atoms in total. The number of ether oxygens (including phenoxy) is 2. The molecule has 2 heterocycles. The molecule has 7 heteroatoms. The maximum Gasteiger partial charge on any atom is 0.338 e. The highest BCUT2D eigenvalue weighted by molar-refractivity contribution is 5.92. The van der Waals surface area contributed by atoms with Gasteiger partial charge in [-0.2, -0.15) is 10.1 Å². The molecular weight excluding hydrogens is 416 g/mol. The van der Waals surface area contributed by atoms with Crippen molar-refractivity contribution in [2.45, 2.75) is 52.7 Å². The largest absolute Gasteiger partial charge is 0.489 e. The lowest BCUT2D eigenvalue weighted by Crippen LogP contribution is -2.29. The van der Waals surface area contributed by atoms with E-state index in [9.17, 15) is 4.79 Å². The van der Waals surface area contributed by atoms with Crippen LogP contribution in [0, 0.1) is 0 Å². The van der Waals surface area contributed by atoms with E-state index in [1.165, 1.54) is 11.9 Å². The lowest BCUT2D eigenvalue weighted by atomic mass is 9.87. The third-order valence-electron chi connectivity index (χ3n) is 5.71. The SMILES string of the molecule is CCOC(=O)C1=C(C)Nc2ncnn2C1c1ccc(OCc2ccc(C(C)(C)C)cc2)cc1. The Bertz CT molecular complexity index is 1160. The summed E-state index contributed by atoms with van der Waals surface area (Å²) in [6.45, 7) is 11.0. The summed E-state index contributed by atoms with van der Waals surface area (Å²) in [5.41, 5.74) is 4.66. The normalized spacial score (nSPS) is 15.6. The summed E-state index contributed by atoms with van der Waals surface area (Å²) in [5.74, 6) is 0.974. The van der Waals surface area contributed by atoms with Gasteiger partial charge in [0.25, 0.3) is 0 Å². The predicted molar refractivity (Wildman–Crippen MR) is 127 cm³/mol. The summed E-state index contributed by atoms with van der Waals surface area (Å²) in [4.78, 5) is 17.0. The van der Waals surface area contributed by atoms with Crippen LogP contribution in [0.5, 0.6) is 5.75 Å². The highest BCUT2D eigenvalue weighted by atomic mass is 16.5. The molecule has 0 aliphatic carbocycles. The van der Waals surface area contributed by atoms with Crippen LogP contribution in [0.2, 0.25) is 0 Å². The van der Waals surface area contributed by atoms with E-state index in [0.29, 0.717) is 30.4 Å². The zero-order valence-electron chi connectivity index (χ0n) is 19.8. The Kier molecular flexibility index (Phi) is 6.22. The fourth-order valence-corrected chi connectivity index (χ4v) is 3.89. The van der Waals surface area contributed by atoms with Crippen LogP contribution in [-0.2, 0) is 21.6 Å². The predicted octanol–water partition coefficient (Wildman–Crippen LogP) is 5.01. The lowest BCUT2D eigenvalue weighted by molar-refractivity contribution is -0.139. The van der Waals surface area contributed by atoms with Crippen LogP contribution in [0.4, 0.5) is 5.95 Å². The molecule has 0 saturated carbocycles. The van der Waals surface area contributed by atoms with E-state index < -0.39 is 6.04 Å². The number of anilines is 1. The summed E-state index contributed by atoms with van der Waals surface area (Å²) in [7, 11) is 0. The third-order valence-corrected chi connectivity index (χ3v) is 5.71. The topological polar surface area (TPSA) is 78.3 Å². The van der Waals surface area contributed by atoms with Gasteiger partial charge in [0.05, 0.1) is 12.2 Å². The van der Waals surface area contributed by atoms with Gasteiger partial charge in [-0.05, 0) is 48.1 Å². The van der Waals surface area contributed by atoms with Crippen molar-refractivity contribution in [3.05, 3.63) is 82.8 Å². The quantitative estimate of drug-likeness (QED) is 0.537. The van der Waals surface area contributed by atoms with E-state index in [1.807, 2.05) is 31.2 Å². The number of aromatic nitrogens is 3. The van der Waals surface area contributed by atoms with Crippen LogP contribution < -0.4 is 10.1 Å². The zero-order chi connectivity index (χ0) is 23.6. The van der Waals surface area contributed by atoms with Gasteiger partial charge in [0.15, 0.2) is 0 Å². The van der Waals surface area contributed by atoms with E-state index in [4.69, 9.17) is 9.47 Å². The standard InChI is InChI=1S/C26H30N4O3/c1-6-32-24(31)22-17(2)29-25-27-16-28-30(25)23(22)19-9-13-21(14-10-19)33-15-18-7-11-20(12-8-18)26(3,4)5/h7-14,16,23H,6,15H2,1-5H3,(H,27,28,29). The molecule has 0 bridgehead atoms. The monoisotopic (exact) mass is 446 g/mol. The van der Waals surface area contributed by atoms with Gasteiger partial charge in [-0.15, -0.1) is 0 Å². The molecule has 1 aliphatic rings. The molecule has 1 unspecified atom stereocenters. The first-order valence-electron chi connectivity index (χ1n) is 11.1. The second-order valence-electron chi connectivity index (χ2n) is 9.12. The number of hydrogen-bond acceptors (Lipinski definition) is 6. The van der Waals surface area contributed by atoms with E-state index in [1.54, 1.807) is 11.6 Å². The molecule has 33 heavy (non-hydrogen) atoms. The van der Waals surface area contributed by atoms with Crippen molar-refractivity contribution in [3.8, 4) is 5.75 Å². The fraction of sp³-hybridized carbons (Fsp3) is 0.346. The number of esters is 1. The number of benzene rings is 2. The highest BCUT2D eigenvalue weighted by Crippen LogP contribution is 2.35. The lowest BCUT2D eigenvalue weighted by Gasteiger charge is -2.28. The Morgan fingerprint density at radius 1 is 1.09 bits per heavy atom. The van der Waals surface area contributed by atoms with Crippen molar-refractivity contribution < 1.29 is 14.3 Å². The summed E-state index contributed by atoms with van der Waals surface area (Å²) in [5, 5.41) is 7.47. The summed E-state index contributed by atoms with van der Waals surface area (Å²) in [6.07, 6.45) is 1.47. The summed E-state index contributed by atoms with van der Waals surface area (Å²) < 4.78 is 13.0. The second kappa shape index (κ2) is 9.10. The molecule has 1 aliphatic heterocycles. The van der Waals surface area contributed by atoms with Gasteiger partial charge in [0.1, 0.15) is 24.7 Å². The molecule has 0 amide bonds. The molecule has 1 N–H and O–H groups in total. The molecule has 0 fully saturated rings. The minimum Gasteiger partial charge on any atom is -0.489 e. The smallest absolute Gasteiger partial charge is 0.338 e. The number of allylic oxidation sites excluding steroid dienone is 1. The first-order chi connectivity index (χ1) is 15.8. The Hall–Kier alpha value is -3.61. The minimum absolute atomic E-state index is 0.128. The molecule has 1 aromatic heterocycles. The number of carbonyl (C=O) groups excluding carboxylic acids is 1. The van der Waals surface area contributed by atoms with E-state index >= 15 is 0 Å². The van der Waals surface area contributed by atoms with Crippen molar-refractivity contribution in [2.75, 3.05) is 11.9 Å². The number of nitrogens with zero attached hydrogens (tertiary/aromatic N) is 3. The van der Waals surface area contributed by atoms with Crippen molar-refractivity contribution >= 4 is 11.9 Å². The Labute approximate surface area is 194 Å². The molecule has 4 rings (SSSR count). The maximum atomic E-state index is 12.7. The van der Waals surface area contributed by atoms with Crippen LogP contribution in [-0.4, -0.2) is 27.3 Å². The van der Waals surface area contributed by atoms with Crippen LogP contribution in [0.25, 0.3) is 0 Å². The van der Waals surface area contributed by atoms with Crippen LogP contribution in [0.3, 0.4) is 0 Å². The average Bonchev–Trinajstić information content (AvgIpc) is 3.25. The first kappa shape index (κ1) is 22.6. The van der Waals surface area contributed by atoms with Gasteiger partial charge in [0.2, 0.25) is 5.95 Å². The summed E-state index contributed by atoms with van der Waals surface area (Å²) in [6, 6.07) is 15.8. The number of carbonyl (C=O) groups is 1. The summed E-state index contributed by atoms with van der Waals surface area (Å²) >= 11 is 0. The molecule has 0 spiro atoms. The van der Waals surface area contributed by atoms with Gasteiger partial charge in [0, 0.05) is 5.70 Å². The molecular formula is C26H30N4O3. The van der Waals surface area contributed by atoms with Crippen LogP contribution in [0.1, 0.15) is 57.4 Å². The number of rotatable bonds is 6. The maximum absolute atomic E-state index is 12.7. The van der Waals surface area contributed by atoms with Gasteiger partial charge >= 0.3 is 5.97 Å². The third kappa shape index (κ3) is 4.77. The van der Waals surface area contributed by atoms with E-state index in [2.05, 4.69) is 60.4 Å². The highest BCUT2D eigenvalue weighted by Gasteiger charge is 2.34. The van der Waals surface area contributed by atoms with Crippen molar-refractivity contribution in [1.82, 2.24) is 14.8 Å². The van der Waals surface area contributed by atoms with Crippen molar-refractivity contribution in [1.29, 1.82) is 0 Å². The Morgan fingerprint density at radius 3 is 2.42 bits per heavy atom. The fourth-order valence-electron chi connectivity index (χ4n) is 3.89. The van der Waals surface area contributed by atoms with Gasteiger partial charge in [-0.1, -0.05) is 57.2 Å². The molecule has 0 radical (unpaired) electrons. The molecule has 172 valence electrons. The average molecular weight is 447 g/mol. The van der Waals surface area contributed by atoms with Gasteiger partial charge in [-0.3, -0.25) is 0 Å². The van der Waals surface area contributed by atoms with Crippen molar-refractivity contribution in [2.24, 2.45) is 0 Å². The van der Waals surface area contributed by atoms with E-state index in [0.717, 1.165) is 16.9 Å². The van der Waals surface area contributed by atoms with Gasteiger partial charge < -0.3 is 14.8 Å².